The first-order valence-electron chi connectivity index (χ1n) is 9.00. The number of rotatable bonds is 2. The predicted octanol–water partition coefficient (Wildman–Crippen LogP) is 5.47. The van der Waals surface area contributed by atoms with Crippen molar-refractivity contribution in [2.75, 3.05) is 4.90 Å². The summed E-state index contributed by atoms with van der Waals surface area (Å²) in [5.41, 5.74) is -3.35. The molecule has 31 heavy (non-hydrogen) atoms. The third kappa shape index (κ3) is 4.59. The fourth-order valence-electron chi connectivity index (χ4n) is 3.63. The highest BCUT2D eigenvalue weighted by Crippen LogP contribution is 2.40. The first-order chi connectivity index (χ1) is 14.3. The summed E-state index contributed by atoms with van der Waals surface area (Å²) < 4.78 is 79.0. The van der Waals surface area contributed by atoms with Crippen LogP contribution < -0.4 is 10.2 Å². The maximum Gasteiger partial charge on any atom is 0.416 e. The Labute approximate surface area is 172 Å². The number of hydrogen-bond donors (Lipinski definition) is 2. The predicted molar refractivity (Wildman–Crippen MR) is 97.7 cm³/mol. The molecule has 0 aromatic heterocycles. The number of hydrogen-bond acceptors (Lipinski definition) is 2. The number of carboxylic acid groups (broad SMARTS) is 1. The Bertz CT molecular complexity index is 986. The van der Waals surface area contributed by atoms with Gasteiger partial charge in [-0.3, -0.25) is 4.79 Å². The zero-order chi connectivity index (χ0) is 23.1. The SMILES string of the molecule is C[C@H]1C[C@@H](NC(=O)O)c2ccccc2N1C(=O)c1cc(C(F)(F)F)cc(C(F)(F)F)c1. The molecule has 166 valence electrons. The highest BCUT2D eigenvalue weighted by molar-refractivity contribution is 6.07. The van der Waals surface area contributed by atoms with Crippen molar-refractivity contribution in [1.29, 1.82) is 0 Å². The Balaban J connectivity index is 2.11. The second-order valence-electron chi connectivity index (χ2n) is 7.12. The lowest BCUT2D eigenvalue weighted by Crippen LogP contribution is -2.46. The van der Waals surface area contributed by atoms with Crippen LogP contribution in [0.4, 0.5) is 36.8 Å². The lowest BCUT2D eigenvalue weighted by atomic mass is 9.91. The smallest absolute Gasteiger partial charge is 0.416 e. The summed E-state index contributed by atoms with van der Waals surface area (Å²) in [7, 11) is 0. The van der Waals surface area contributed by atoms with E-state index in [-0.39, 0.29) is 18.2 Å². The maximum atomic E-state index is 13.2. The zero-order valence-corrected chi connectivity index (χ0v) is 15.9. The largest absolute Gasteiger partial charge is 0.465 e. The van der Waals surface area contributed by atoms with Gasteiger partial charge in [-0.25, -0.2) is 4.79 Å². The van der Waals surface area contributed by atoms with Gasteiger partial charge in [-0.05, 0) is 43.2 Å². The van der Waals surface area contributed by atoms with Gasteiger partial charge in [0.1, 0.15) is 0 Å². The van der Waals surface area contributed by atoms with Crippen molar-refractivity contribution >= 4 is 17.7 Å². The molecule has 0 unspecified atom stereocenters. The molecule has 2 amide bonds. The van der Waals surface area contributed by atoms with Crippen molar-refractivity contribution in [2.45, 2.75) is 37.8 Å². The lowest BCUT2D eigenvalue weighted by molar-refractivity contribution is -0.143. The Morgan fingerprint density at radius 1 is 1.00 bits per heavy atom. The molecule has 1 aliphatic rings. The molecule has 0 fully saturated rings. The molecule has 2 aromatic carbocycles. The monoisotopic (exact) mass is 446 g/mol. The first kappa shape index (κ1) is 22.4. The van der Waals surface area contributed by atoms with Crippen LogP contribution in [-0.4, -0.2) is 23.1 Å². The van der Waals surface area contributed by atoms with E-state index >= 15 is 0 Å². The van der Waals surface area contributed by atoms with Gasteiger partial charge in [0, 0.05) is 17.3 Å². The number of anilines is 1. The van der Waals surface area contributed by atoms with Gasteiger partial charge < -0.3 is 15.3 Å². The van der Waals surface area contributed by atoms with Crippen LogP contribution >= 0.6 is 0 Å². The van der Waals surface area contributed by atoms with Crippen LogP contribution in [0.25, 0.3) is 0 Å². The molecule has 11 heteroatoms. The van der Waals surface area contributed by atoms with E-state index in [9.17, 15) is 35.9 Å². The van der Waals surface area contributed by atoms with E-state index in [2.05, 4.69) is 5.32 Å². The van der Waals surface area contributed by atoms with E-state index < -0.39 is 53.1 Å². The van der Waals surface area contributed by atoms with Gasteiger partial charge in [0.2, 0.25) is 0 Å². The molecule has 2 atom stereocenters. The van der Waals surface area contributed by atoms with Gasteiger partial charge >= 0.3 is 18.4 Å². The van der Waals surface area contributed by atoms with Gasteiger partial charge in [-0.2, -0.15) is 26.3 Å². The van der Waals surface area contributed by atoms with Crippen molar-refractivity contribution in [2.24, 2.45) is 0 Å². The van der Waals surface area contributed by atoms with E-state index in [4.69, 9.17) is 5.11 Å². The minimum Gasteiger partial charge on any atom is -0.465 e. The summed E-state index contributed by atoms with van der Waals surface area (Å²) in [6.07, 6.45) is -11.4. The fraction of sp³-hybridized carbons (Fsp3) is 0.300. The number of carbonyl (C=O) groups is 2. The van der Waals surface area contributed by atoms with Crippen LogP contribution in [0.2, 0.25) is 0 Å². The Hall–Kier alpha value is -3.24. The first-order valence-corrected chi connectivity index (χ1v) is 9.00. The maximum absolute atomic E-state index is 13.2. The number of nitrogens with one attached hydrogen (secondary N) is 1. The Kier molecular flexibility index (Phi) is 5.64. The Morgan fingerprint density at radius 3 is 2.06 bits per heavy atom. The summed E-state index contributed by atoms with van der Waals surface area (Å²) in [5, 5.41) is 11.3. The van der Waals surface area contributed by atoms with E-state index in [0.29, 0.717) is 17.7 Å². The van der Waals surface area contributed by atoms with Gasteiger partial charge in [-0.1, -0.05) is 18.2 Å². The van der Waals surface area contributed by atoms with Crippen LogP contribution in [0.1, 0.15) is 46.4 Å². The third-order valence-corrected chi connectivity index (χ3v) is 4.94. The molecule has 0 saturated heterocycles. The average molecular weight is 446 g/mol. The second-order valence-corrected chi connectivity index (χ2v) is 7.12. The van der Waals surface area contributed by atoms with Crippen LogP contribution in [0, 0.1) is 0 Å². The molecule has 2 aromatic rings. The fourth-order valence-corrected chi connectivity index (χ4v) is 3.63. The normalized spacial score (nSPS) is 19.0. The number of benzene rings is 2. The summed E-state index contributed by atoms with van der Waals surface area (Å²) in [6.45, 7) is 1.53. The molecule has 0 bridgehead atoms. The van der Waals surface area contributed by atoms with Crippen LogP contribution in [0.3, 0.4) is 0 Å². The highest BCUT2D eigenvalue weighted by atomic mass is 19.4. The van der Waals surface area contributed by atoms with Gasteiger partial charge in [0.15, 0.2) is 0 Å². The molecule has 2 N–H and O–H groups in total. The summed E-state index contributed by atoms with van der Waals surface area (Å²) in [4.78, 5) is 25.3. The number of carbonyl (C=O) groups excluding carboxylic acids is 1. The quantitative estimate of drug-likeness (QED) is 0.601. The summed E-state index contributed by atoms with van der Waals surface area (Å²) >= 11 is 0. The molecular formula is C20H16F6N2O3. The Morgan fingerprint density at radius 2 is 1.55 bits per heavy atom. The topological polar surface area (TPSA) is 69.6 Å². The molecule has 1 aliphatic heterocycles. The zero-order valence-electron chi connectivity index (χ0n) is 15.9. The molecular weight excluding hydrogens is 430 g/mol. The van der Waals surface area contributed by atoms with Crippen molar-refractivity contribution in [3.8, 4) is 0 Å². The number of halogens is 6. The summed E-state index contributed by atoms with van der Waals surface area (Å²) in [6, 6.07) is 5.43. The van der Waals surface area contributed by atoms with E-state index in [1.165, 1.54) is 25.1 Å². The standard InChI is InChI=1S/C20H16F6N2O3/c1-10-6-15(27-18(30)31)14-4-2-3-5-16(14)28(10)17(29)11-7-12(19(21,22)23)9-13(8-11)20(24,25)26/h2-5,7-10,15,27H,6H2,1H3,(H,30,31)/t10-,15+/m0/s1. The van der Waals surface area contributed by atoms with Crippen molar-refractivity contribution in [3.05, 3.63) is 64.7 Å². The minimum atomic E-state index is -5.09. The number of alkyl halides is 6. The van der Waals surface area contributed by atoms with Gasteiger partial charge in [-0.15, -0.1) is 0 Å². The molecule has 1 heterocycles. The third-order valence-electron chi connectivity index (χ3n) is 4.94. The number of para-hydroxylation sites is 1. The molecule has 0 spiro atoms. The van der Waals surface area contributed by atoms with E-state index in [1.54, 1.807) is 6.07 Å². The number of amides is 2. The molecule has 5 nitrogen and oxygen atoms in total. The van der Waals surface area contributed by atoms with E-state index in [1.807, 2.05) is 0 Å². The van der Waals surface area contributed by atoms with Gasteiger partial charge in [0.05, 0.1) is 17.2 Å². The number of nitrogens with zero attached hydrogens (tertiary/aromatic N) is 1. The minimum absolute atomic E-state index is 0.0445. The molecule has 0 aliphatic carbocycles. The molecule has 3 rings (SSSR count). The summed E-state index contributed by atoms with van der Waals surface area (Å²) in [5.74, 6) is -1.05. The van der Waals surface area contributed by atoms with Crippen LogP contribution in [0.5, 0.6) is 0 Å². The average Bonchev–Trinajstić information content (AvgIpc) is 2.65. The second kappa shape index (κ2) is 7.78. The van der Waals surface area contributed by atoms with Crippen molar-refractivity contribution < 1.29 is 41.0 Å². The van der Waals surface area contributed by atoms with E-state index in [0.717, 1.165) is 4.90 Å². The van der Waals surface area contributed by atoms with Crippen LogP contribution in [-0.2, 0) is 12.4 Å². The molecule has 0 saturated carbocycles. The van der Waals surface area contributed by atoms with Crippen LogP contribution in [0.15, 0.2) is 42.5 Å². The number of fused-ring (bicyclic) bond motifs is 1. The van der Waals surface area contributed by atoms with Crippen molar-refractivity contribution in [3.63, 3.8) is 0 Å². The van der Waals surface area contributed by atoms with Crippen molar-refractivity contribution in [1.82, 2.24) is 5.32 Å². The highest BCUT2D eigenvalue weighted by Gasteiger charge is 2.40. The lowest BCUT2D eigenvalue weighted by Gasteiger charge is -2.39. The van der Waals surface area contributed by atoms with Gasteiger partial charge in [0.25, 0.3) is 5.91 Å². The molecule has 0 radical (unpaired) electrons.